The van der Waals surface area contributed by atoms with Gasteiger partial charge in [0.1, 0.15) is 0 Å². The van der Waals surface area contributed by atoms with Crippen LogP contribution in [0, 0.1) is 0 Å². The summed E-state index contributed by atoms with van der Waals surface area (Å²) in [5.74, 6) is 0. The third kappa shape index (κ3) is 6.24. The van der Waals surface area contributed by atoms with Gasteiger partial charge in [-0.1, -0.05) is 6.08 Å². The van der Waals surface area contributed by atoms with Crippen molar-refractivity contribution in [1.82, 2.24) is 0 Å². The highest BCUT2D eigenvalue weighted by Crippen LogP contribution is 2.04. The molecule has 0 heterocycles. The Morgan fingerprint density at radius 2 is 2.29 bits per heavy atom. The maximum absolute atomic E-state index is 10.2. The summed E-state index contributed by atoms with van der Waals surface area (Å²) in [4.78, 5) is 0. The standard InChI is InChI=1S/C4H8OS2/c1-3-4-6-7(2)5/h3-4H,1-2H3/b4-3+/t7-/m0/s1. The van der Waals surface area contributed by atoms with Crippen LogP contribution >= 0.6 is 10.8 Å². The highest BCUT2D eigenvalue weighted by atomic mass is 33.1. The lowest BCUT2D eigenvalue weighted by Crippen LogP contribution is -1.67. The lowest BCUT2D eigenvalue weighted by Gasteiger charge is -1.79. The Morgan fingerprint density at radius 3 is 2.43 bits per heavy atom. The van der Waals surface area contributed by atoms with Gasteiger partial charge in [-0.15, -0.1) is 0 Å². The topological polar surface area (TPSA) is 17.1 Å². The number of allylic oxidation sites excluding steroid dienone is 1. The maximum Gasteiger partial charge on any atom is 0.0815 e. The summed E-state index contributed by atoms with van der Waals surface area (Å²) in [7, 11) is 0.587. The molecule has 0 fully saturated rings. The Kier molecular flexibility index (Phi) is 4.55. The Labute approximate surface area is 50.0 Å². The van der Waals surface area contributed by atoms with E-state index in [1.807, 2.05) is 18.4 Å². The van der Waals surface area contributed by atoms with Crippen LogP contribution in [-0.4, -0.2) is 10.5 Å². The van der Waals surface area contributed by atoms with E-state index < -0.39 is 9.83 Å². The summed E-state index contributed by atoms with van der Waals surface area (Å²) in [5, 5.41) is 1.82. The predicted octanol–water partition coefficient (Wildman–Crippen LogP) is 1.55. The monoisotopic (exact) mass is 136 g/mol. The van der Waals surface area contributed by atoms with Crippen LogP contribution in [0.3, 0.4) is 0 Å². The van der Waals surface area contributed by atoms with E-state index in [0.29, 0.717) is 0 Å². The van der Waals surface area contributed by atoms with Crippen molar-refractivity contribution >= 4 is 20.6 Å². The van der Waals surface area contributed by atoms with E-state index in [1.165, 1.54) is 10.8 Å². The summed E-state index contributed by atoms with van der Waals surface area (Å²) in [6.45, 7) is 1.90. The highest BCUT2D eigenvalue weighted by molar-refractivity contribution is 8.70. The first-order valence-electron chi connectivity index (χ1n) is 1.89. The Hall–Kier alpha value is 0.240. The van der Waals surface area contributed by atoms with Crippen LogP contribution in [0.2, 0.25) is 0 Å². The van der Waals surface area contributed by atoms with Crippen LogP contribution in [-0.2, 0) is 9.83 Å². The van der Waals surface area contributed by atoms with Gasteiger partial charge >= 0.3 is 0 Å². The van der Waals surface area contributed by atoms with Crippen LogP contribution in [0.5, 0.6) is 0 Å². The van der Waals surface area contributed by atoms with Crippen molar-refractivity contribution in [3.8, 4) is 0 Å². The summed E-state index contributed by atoms with van der Waals surface area (Å²) < 4.78 is 10.2. The van der Waals surface area contributed by atoms with Gasteiger partial charge in [0.25, 0.3) is 0 Å². The molecule has 0 aromatic heterocycles. The van der Waals surface area contributed by atoms with Crippen molar-refractivity contribution in [1.29, 1.82) is 0 Å². The van der Waals surface area contributed by atoms with Crippen molar-refractivity contribution in [3.05, 3.63) is 11.5 Å². The molecule has 0 saturated heterocycles. The van der Waals surface area contributed by atoms with Gasteiger partial charge in [0.15, 0.2) is 0 Å². The fourth-order valence-corrected chi connectivity index (χ4v) is 1.20. The average Bonchev–Trinajstić information content (AvgIpc) is 1.61. The van der Waals surface area contributed by atoms with Gasteiger partial charge < -0.3 is 0 Å². The molecule has 0 amide bonds. The summed E-state index contributed by atoms with van der Waals surface area (Å²) in [6, 6.07) is 0. The van der Waals surface area contributed by atoms with Gasteiger partial charge in [-0.25, -0.2) is 4.21 Å². The first-order valence-corrected chi connectivity index (χ1v) is 4.84. The van der Waals surface area contributed by atoms with Gasteiger partial charge in [0.05, 0.1) is 9.83 Å². The molecule has 0 rings (SSSR count). The zero-order valence-electron chi connectivity index (χ0n) is 4.38. The zero-order valence-corrected chi connectivity index (χ0v) is 6.01. The average molecular weight is 136 g/mol. The van der Waals surface area contributed by atoms with Crippen molar-refractivity contribution in [2.75, 3.05) is 6.26 Å². The smallest absolute Gasteiger partial charge is 0.0815 e. The minimum Gasteiger partial charge on any atom is -0.248 e. The van der Waals surface area contributed by atoms with Gasteiger partial charge in [0.2, 0.25) is 0 Å². The third-order valence-corrected chi connectivity index (χ3v) is 2.13. The van der Waals surface area contributed by atoms with Crippen LogP contribution in [0.15, 0.2) is 11.5 Å². The second-order valence-electron chi connectivity index (χ2n) is 0.967. The molecule has 1 atom stereocenters. The molecule has 7 heavy (non-hydrogen) atoms. The van der Waals surface area contributed by atoms with Gasteiger partial charge in [0, 0.05) is 6.26 Å². The number of hydrogen-bond donors (Lipinski definition) is 0. The van der Waals surface area contributed by atoms with Gasteiger partial charge in [-0.2, -0.15) is 0 Å². The molecule has 3 heteroatoms. The molecular formula is C4H8OS2. The molecule has 0 radical (unpaired) electrons. The van der Waals surface area contributed by atoms with E-state index in [1.54, 1.807) is 6.26 Å². The van der Waals surface area contributed by atoms with Gasteiger partial charge in [-0.05, 0) is 23.1 Å². The zero-order chi connectivity index (χ0) is 5.70. The molecule has 0 aromatic rings. The molecule has 42 valence electrons. The number of rotatable bonds is 2. The molecular weight excluding hydrogens is 128 g/mol. The summed E-state index contributed by atoms with van der Waals surface area (Å²) >= 11 is 0. The fraction of sp³-hybridized carbons (Fsp3) is 0.500. The van der Waals surface area contributed by atoms with Crippen LogP contribution in [0.25, 0.3) is 0 Å². The molecule has 0 bridgehead atoms. The molecule has 0 unspecified atom stereocenters. The highest BCUT2D eigenvalue weighted by Gasteiger charge is 1.79. The Balaban J connectivity index is 3.14. The van der Waals surface area contributed by atoms with E-state index in [9.17, 15) is 4.21 Å². The maximum atomic E-state index is 10.2. The second kappa shape index (κ2) is 4.40. The molecule has 0 aliphatic rings. The summed E-state index contributed by atoms with van der Waals surface area (Å²) in [5.41, 5.74) is 0. The quantitative estimate of drug-likeness (QED) is 0.536. The van der Waals surface area contributed by atoms with E-state index in [4.69, 9.17) is 0 Å². The van der Waals surface area contributed by atoms with E-state index >= 15 is 0 Å². The minimum absolute atomic E-state index is 0.736. The first-order chi connectivity index (χ1) is 3.27. The Morgan fingerprint density at radius 1 is 1.71 bits per heavy atom. The molecule has 0 aliphatic heterocycles. The number of hydrogen-bond acceptors (Lipinski definition) is 2. The van der Waals surface area contributed by atoms with Gasteiger partial charge in [-0.3, -0.25) is 0 Å². The largest absolute Gasteiger partial charge is 0.248 e. The summed E-state index contributed by atoms with van der Waals surface area (Å²) in [6.07, 6.45) is 3.52. The van der Waals surface area contributed by atoms with E-state index in [-0.39, 0.29) is 0 Å². The van der Waals surface area contributed by atoms with Crippen LogP contribution in [0.1, 0.15) is 6.92 Å². The fourth-order valence-electron chi connectivity index (χ4n) is 0.134. The first kappa shape index (κ1) is 7.24. The predicted molar refractivity (Wildman–Crippen MR) is 36.5 cm³/mol. The van der Waals surface area contributed by atoms with Crippen LogP contribution in [0.4, 0.5) is 0 Å². The van der Waals surface area contributed by atoms with Crippen molar-refractivity contribution in [2.45, 2.75) is 6.92 Å². The second-order valence-corrected chi connectivity index (χ2v) is 4.22. The normalized spacial score (nSPS) is 15.1. The van der Waals surface area contributed by atoms with Crippen LogP contribution < -0.4 is 0 Å². The third-order valence-electron chi connectivity index (χ3n) is 0.327. The lowest BCUT2D eigenvalue weighted by atomic mass is 10.8. The molecule has 0 saturated carbocycles. The van der Waals surface area contributed by atoms with Crippen molar-refractivity contribution in [3.63, 3.8) is 0 Å². The van der Waals surface area contributed by atoms with E-state index in [2.05, 4.69) is 0 Å². The van der Waals surface area contributed by atoms with Crippen molar-refractivity contribution < 1.29 is 4.21 Å². The minimum atomic E-state index is -0.736. The SMILES string of the molecule is C/C=C/S[S@@](C)=O. The van der Waals surface area contributed by atoms with E-state index in [0.717, 1.165) is 0 Å². The molecule has 1 nitrogen and oxygen atoms in total. The lowest BCUT2D eigenvalue weighted by molar-refractivity contribution is 0.695. The molecule has 0 N–H and O–H groups in total. The molecule has 0 aliphatic carbocycles. The Bertz CT molecular complexity index is 87.7. The molecule has 0 spiro atoms. The molecule has 0 aromatic carbocycles. The van der Waals surface area contributed by atoms with Crippen molar-refractivity contribution in [2.24, 2.45) is 0 Å².